The quantitative estimate of drug-likeness (QED) is 0.770. The molecule has 0 spiro atoms. The Balaban J connectivity index is 3.19. The van der Waals surface area contributed by atoms with Crippen molar-refractivity contribution in [3.05, 3.63) is 16.9 Å². The zero-order valence-corrected chi connectivity index (χ0v) is 7.91. The summed E-state index contributed by atoms with van der Waals surface area (Å²) in [5.41, 5.74) is -0.180. The molecular formula is C7H8ClN3O2. The molecule has 0 aliphatic heterocycles. The maximum absolute atomic E-state index is 10.6. The fraction of sp³-hybridized carbons (Fsp3) is 0.286. The van der Waals surface area contributed by atoms with Gasteiger partial charge in [0.2, 0.25) is 5.95 Å². The topological polar surface area (TPSA) is 66.3 Å². The summed E-state index contributed by atoms with van der Waals surface area (Å²) in [6, 6.07) is 0. The molecule has 0 amide bonds. The van der Waals surface area contributed by atoms with Crippen molar-refractivity contribution in [3.63, 3.8) is 0 Å². The van der Waals surface area contributed by atoms with Gasteiger partial charge in [0, 0.05) is 14.1 Å². The molecular weight excluding hydrogens is 194 g/mol. The van der Waals surface area contributed by atoms with Crippen LogP contribution in [-0.4, -0.2) is 35.1 Å². The third kappa shape index (κ3) is 2.06. The van der Waals surface area contributed by atoms with E-state index in [9.17, 15) is 4.79 Å². The first-order valence-corrected chi connectivity index (χ1v) is 3.83. The minimum absolute atomic E-state index is 0.0399. The van der Waals surface area contributed by atoms with Gasteiger partial charge in [-0.2, -0.15) is 0 Å². The van der Waals surface area contributed by atoms with Crippen LogP contribution < -0.4 is 4.90 Å². The second kappa shape index (κ2) is 3.57. The Morgan fingerprint density at radius 1 is 1.62 bits per heavy atom. The maximum Gasteiger partial charge on any atom is 0.356 e. The number of aromatic carboxylic acids is 1. The van der Waals surface area contributed by atoms with Crippen LogP contribution in [0.25, 0.3) is 0 Å². The largest absolute Gasteiger partial charge is 0.476 e. The Labute approximate surface area is 80.0 Å². The summed E-state index contributed by atoms with van der Waals surface area (Å²) in [7, 11) is 3.43. The predicted molar refractivity (Wildman–Crippen MR) is 48.3 cm³/mol. The van der Waals surface area contributed by atoms with Gasteiger partial charge < -0.3 is 10.0 Å². The molecule has 1 aromatic heterocycles. The van der Waals surface area contributed by atoms with Crippen molar-refractivity contribution in [2.45, 2.75) is 0 Å². The molecule has 0 saturated carbocycles. The van der Waals surface area contributed by atoms with Gasteiger partial charge in [-0.25, -0.2) is 14.8 Å². The van der Waals surface area contributed by atoms with Gasteiger partial charge in [-0.3, -0.25) is 0 Å². The van der Waals surface area contributed by atoms with Crippen LogP contribution in [-0.2, 0) is 0 Å². The predicted octanol–water partition coefficient (Wildman–Crippen LogP) is 0.894. The van der Waals surface area contributed by atoms with Crippen molar-refractivity contribution in [1.82, 2.24) is 9.97 Å². The lowest BCUT2D eigenvalue weighted by atomic mass is 10.4. The van der Waals surface area contributed by atoms with Crippen LogP contribution >= 0.6 is 11.6 Å². The monoisotopic (exact) mass is 201 g/mol. The number of hydrogen-bond acceptors (Lipinski definition) is 4. The number of anilines is 1. The van der Waals surface area contributed by atoms with E-state index < -0.39 is 5.97 Å². The first-order valence-electron chi connectivity index (χ1n) is 3.45. The first-order chi connectivity index (χ1) is 6.02. The molecule has 1 aromatic rings. The number of rotatable bonds is 2. The molecule has 6 heteroatoms. The molecule has 70 valence electrons. The Morgan fingerprint density at radius 2 is 2.23 bits per heavy atom. The first kappa shape index (κ1) is 9.73. The van der Waals surface area contributed by atoms with E-state index >= 15 is 0 Å². The van der Waals surface area contributed by atoms with Crippen molar-refractivity contribution in [2.24, 2.45) is 0 Å². The van der Waals surface area contributed by atoms with Crippen LogP contribution in [0.2, 0.25) is 5.02 Å². The highest BCUT2D eigenvalue weighted by molar-refractivity contribution is 6.33. The summed E-state index contributed by atoms with van der Waals surface area (Å²) < 4.78 is 0. The summed E-state index contributed by atoms with van der Waals surface area (Å²) in [4.78, 5) is 19.8. The van der Waals surface area contributed by atoms with Crippen molar-refractivity contribution in [1.29, 1.82) is 0 Å². The molecule has 1 rings (SSSR count). The van der Waals surface area contributed by atoms with Gasteiger partial charge in [-0.05, 0) is 0 Å². The summed E-state index contributed by atoms with van der Waals surface area (Å²) in [6.45, 7) is 0. The van der Waals surface area contributed by atoms with E-state index in [0.29, 0.717) is 5.95 Å². The zero-order valence-electron chi connectivity index (χ0n) is 7.15. The van der Waals surface area contributed by atoms with Crippen LogP contribution in [0.3, 0.4) is 0 Å². The Morgan fingerprint density at radius 3 is 2.69 bits per heavy atom. The van der Waals surface area contributed by atoms with Crippen LogP contribution in [0.5, 0.6) is 0 Å². The van der Waals surface area contributed by atoms with Crippen LogP contribution in [0, 0.1) is 0 Å². The minimum Gasteiger partial charge on any atom is -0.476 e. The number of carboxylic acid groups (broad SMARTS) is 1. The Kier molecular flexibility index (Phi) is 2.67. The van der Waals surface area contributed by atoms with Crippen molar-refractivity contribution in [2.75, 3.05) is 19.0 Å². The van der Waals surface area contributed by atoms with Crippen molar-refractivity contribution >= 4 is 23.5 Å². The number of hydrogen-bond donors (Lipinski definition) is 1. The SMILES string of the molecule is CN(C)c1ncc(Cl)c(C(=O)O)n1. The maximum atomic E-state index is 10.6. The molecule has 1 N–H and O–H groups in total. The standard InChI is InChI=1S/C7H8ClN3O2/c1-11(2)7-9-3-4(8)5(10-7)6(12)13/h3H,1-2H3,(H,12,13). The summed E-state index contributed by atoms with van der Waals surface area (Å²) in [6.07, 6.45) is 1.27. The second-order valence-electron chi connectivity index (χ2n) is 2.57. The molecule has 0 unspecified atom stereocenters. The van der Waals surface area contributed by atoms with E-state index in [0.717, 1.165) is 0 Å². The highest BCUT2D eigenvalue weighted by Gasteiger charge is 2.12. The fourth-order valence-corrected chi connectivity index (χ4v) is 0.895. The number of aromatic nitrogens is 2. The van der Waals surface area contributed by atoms with Gasteiger partial charge in [-0.15, -0.1) is 0 Å². The second-order valence-corrected chi connectivity index (χ2v) is 2.97. The van der Waals surface area contributed by atoms with Crippen molar-refractivity contribution in [3.8, 4) is 0 Å². The molecule has 0 fully saturated rings. The normalized spacial score (nSPS) is 9.77. The number of carboxylic acids is 1. The highest BCUT2D eigenvalue weighted by atomic mass is 35.5. The van der Waals surface area contributed by atoms with E-state index in [1.165, 1.54) is 6.20 Å². The lowest BCUT2D eigenvalue weighted by Crippen LogP contribution is -2.15. The van der Waals surface area contributed by atoms with Crippen LogP contribution in [0.4, 0.5) is 5.95 Å². The zero-order chi connectivity index (χ0) is 10.0. The van der Waals surface area contributed by atoms with E-state index in [1.807, 2.05) is 0 Å². The summed E-state index contributed by atoms with van der Waals surface area (Å²) in [5, 5.41) is 8.72. The van der Waals surface area contributed by atoms with E-state index in [-0.39, 0.29) is 10.7 Å². The minimum atomic E-state index is -1.16. The van der Waals surface area contributed by atoms with Gasteiger partial charge in [-0.1, -0.05) is 11.6 Å². The third-order valence-electron chi connectivity index (χ3n) is 1.33. The number of nitrogens with zero attached hydrogens (tertiary/aromatic N) is 3. The number of carbonyl (C=O) groups is 1. The third-order valence-corrected chi connectivity index (χ3v) is 1.61. The average Bonchev–Trinajstić information content (AvgIpc) is 2.04. The smallest absolute Gasteiger partial charge is 0.356 e. The van der Waals surface area contributed by atoms with Gasteiger partial charge in [0.15, 0.2) is 5.69 Å². The van der Waals surface area contributed by atoms with E-state index in [1.54, 1.807) is 19.0 Å². The molecule has 0 aromatic carbocycles. The molecule has 0 saturated heterocycles. The Bertz CT molecular complexity index is 341. The highest BCUT2D eigenvalue weighted by Crippen LogP contribution is 2.14. The molecule has 1 heterocycles. The van der Waals surface area contributed by atoms with Gasteiger partial charge in [0.05, 0.1) is 11.2 Å². The van der Waals surface area contributed by atoms with Crippen LogP contribution in [0.15, 0.2) is 6.20 Å². The molecule has 0 aliphatic carbocycles. The molecule has 5 nitrogen and oxygen atoms in total. The van der Waals surface area contributed by atoms with E-state index in [2.05, 4.69) is 9.97 Å². The fourth-order valence-electron chi connectivity index (χ4n) is 0.723. The van der Waals surface area contributed by atoms with Gasteiger partial charge >= 0.3 is 5.97 Å². The van der Waals surface area contributed by atoms with Gasteiger partial charge in [0.1, 0.15) is 0 Å². The molecule has 0 atom stereocenters. The average molecular weight is 202 g/mol. The lowest BCUT2D eigenvalue weighted by Gasteiger charge is -2.09. The van der Waals surface area contributed by atoms with Crippen molar-refractivity contribution < 1.29 is 9.90 Å². The molecule has 0 bridgehead atoms. The van der Waals surface area contributed by atoms with Crippen LogP contribution in [0.1, 0.15) is 10.5 Å². The molecule has 0 aliphatic rings. The molecule has 13 heavy (non-hydrogen) atoms. The number of halogens is 1. The summed E-state index contributed by atoms with van der Waals surface area (Å²) in [5.74, 6) is -0.836. The van der Waals surface area contributed by atoms with E-state index in [4.69, 9.17) is 16.7 Å². The Hall–Kier alpha value is -1.36. The molecule has 0 radical (unpaired) electrons. The van der Waals surface area contributed by atoms with Gasteiger partial charge in [0.25, 0.3) is 0 Å². The summed E-state index contributed by atoms with van der Waals surface area (Å²) >= 11 is 5.57. The lowest BCUT2D eigenvalue weighted by molar-refractivity contribution is 0.0690.